The Morgan fingerprint density at radius 1 is 1.11 bits per heavy atom. The van der Waals surface area contributed by atoms with Gasteiger partial charge < -0.3 is 14.8 Å². The van der Waals surface area contributed by atoms with Crippen LogP contribution in [0.15, 0.2) is 54.7 Å². The molecule has 2 aromatic carbocycles. The van der Waals surface area contributed by atoms with Gasteiger partial charge in [-0.15, -0.1) is 0 Å². The number of hydrogen-bond acceptors (Lipinski definition) is 5. The van der Waals surface area contributed by atoms with Crippen molar-refractivity contribution in [2.45, 2.75) is 13.3 Å². The summed E-state index contributed by atoms with van der Waals surface area (Å²) in [7, 11) is 2.91. The third-order valence-corrected chi connectivity index (χ3v) is 4.30. The Hall–Kier alpha value is -3.61. The molecule has 3 rings (SSSR count). The standard InChI is InChI=1S/C21H21N3O4/c1-4-14-8-9-15(21(26)28-3)12-19(14)22-20(25)18-10-11-24(23-18)16-6-5-7-17(13-16)27-2/h5-13H,4H2,1-3H3,(H,22,25). The van der Waals surface area contributed by atoms with Crippen LogP contribution in [0.3, 0.4) is 0 Å². The summed E-state index contributed by atoms with van der Waals surface area (Å²) in [5.41, 5.74) is 2.88. The number of carbonyl (C=O) groups is 2. The van der Waals surface area contributed by atoms with E-state index in [4.69, 9.17) is 9.47 Å². The van der Waals surface area contributed by atoms with Gasteiger partial charge in [0.2, 0.25) is 0 Å². The Morgan fingerprint density at radius 3 is 2.64 bits per heavy atom. The smallest absolute Gasteiger partial charge is 0.337 e. The molecule has 1 amide bonds. The number of ether oxygens (including phenoxy) is 2. The van der Waals surface area contributed by atoms with Crippen molar-refractivity contribution in [3.05, 3.63) is 71.5 Å². The molecule has 0 radical (unpaired) electrons. The van der Waals surface area contributed by atoms with E-state index >= 15 is 0 Å². The number of nitrogens with one attached hydrogen (secondary N) is 1. The highest BCUT2D eigenvalue weighted by atomic mass is 16.5. The van der Waals surface area contributed by atoms with E-state index in [-0.39, 0.29) is 11.6 Å². The van der Waals surface area contributed by atoms with Gasteiger partial charge in [0.05, 0.1) is 25.5 Å². The second kappa shape index (κ2) is 8.39. The molecule has 0 fully saturated rings. The highest BCUT2D eigenvalue weighted by Gasteiger charge is 2.15. The lowest BCUT2D eigenvalue weighted by Crippen LogP contribution is -2.15. The van der Waals surface area contributed by atoms with Crippen LogP contribution >= 0.6 is 0 Å². The average Bonchev–Trinajstić information content (AvgIpc) is 3.23. The van der Waals surface area contributed by atoms with Crippen LogP contribution in [0, 0.1) is 0 Å². The van der Waals surface area contributed by atoms with Crippen molar-refractivity contribution < 1.29 is 19.1 Å². The molecule has 0 aliphatic carbocycles. The summed E-state index contributed by atoms with van der Waals surface area (Å²) in [6.07, 6.45) is 2.41. The van der Waals surface area contributed by atoms with Gasteiger partial charge in [-0.2, -0.15) is 5.10 Å². The van der Waals surface area contributed by atoms with Crippen LogP contribution in [0.2, 0.25) is 0 Å². The lowest BCUT2D eigenvalue weighted by molar-refractivity contribution is 0.0600. The highest BCUT2D eigenvalue weighted by Crippen LogP contribution is 2.21. The number of methoxy groups -OCH3 is 2. The summed E-state index contributed by atoms with van der Waals surface area (Å²) in [4.78, 5) is 24.4. The molecule has 1 aromatic heterocycles. The summed E-state index contributed by atoms with van der Waals surface area (Å²) < 4.78 is 11.6. The first-order chi connectivity index (χ1) is 13.5. The van der Waals surface area contributed by atoms with Crippen LogP contribution in [-0.4, -0.2) is 35.9 Å². The van der Waals surface area contributed by atoms with E-state index < -0.39 is 5.97 Å². The van der Waals surface area contributed by atoms with Gasteiger partial charge in [-0.05, 0) is 42.3 Å². The van der Waals surface area contributed by atoms with Crippen LogP contribution < -0.4 is 10.1 Å². The Kier molecular flexibility index (Phi) is 5.74. The second-order valence-corrected chi connectivity index (χ2v) is 6.02. The lowest BCUT2D eigenvalue weighted by atomic mass is 10.1. The minimum absolute atomic E-state index is 0.258. The number of anilines is 1. The molecule has 0 aliphatic heterocycles. The maximum Gasteiger partial charge on any atom is 0.337 e. The van der Waals surface area contributed by atoms with E-state index in [1.165, 1.54) is 7.11 Å². The van der Waals surface area contributed by atoms with Gasteiger partial charge in [-0.25, -0.2) is 9.48 Å². The molecule has 7 nitrogen and oxygen atoms in total. The van der Waals surface area contributed by atoms with Crippen molar-refractivity contribution in [3.8, 4) is 11.4 Å². The number of nitrogens with zero attached hydrogens (tertiary/aromatic N) is 2. The molecule has 0 spiro atoms. The number of amides is 1. The predicted molar refractivity (Wildman–Crippen MR) is 105 cm³/mol. The first-order valence-electron chi connectivity index (χ1n) is 8.78. The number of hydrogen-bond donors (Lipinski definition) is 1. The van der Waals surface area contributed by atoms with Gasteiger partial charge in [-0.1, -0.05) is 19.1 Å². The van der Waals surface area contributed by atoms with Gasteiger partial charge in [0.15, 0.2) is 5.69 Å². The van der Waals surface area contributed by atoms with Gasteiger partial charge in [0.25, 0.3) is 5.91 Å². The zero-order chi connectivity index (χ0) is 20.1. The fraction of sp³-hybridized carbons (Fsp3) is 0.190. The fourth-order valence-electron chi connectivity index (χ4n) is 2.77. The maximum atomic E-state index is 12.7. The van der Waals surface area contributed by atoms with E-state index in [0.717, 1.165) is 11.3 Å². The van der Waals surface area contributed by atoms with Crippen LogP contribution in [0.4, 0.5) is 5.69 Å². The summed E-state index contributed by atoms with van der Waals surface area (Å²) in [6, 6.07) is 14.1. The third-order valence-electron chi connectivity index (χ3n) is 4.30. The summed E-state index contributed by atoms with van der Waals surface area (Å²) in [6.45, 7) is 1.97. The molecule has 0 unspecified atom stereocenters. The molecule has 0 saturated carbocycles. The zero-order valence-corrected chi connectivity index (χ0v) is 15.9. The quantitative estimate of drug-likeness (QED) is 0.663. The number of aryl methyl sites for hydroxylation is 1. The monoisotopic (exact) mass is 379 g/mol. The largest absolute Gasteiger partial charge is 0.497 e. The number of benzene rings is 2. The van der Waals surface area contributed by atoms with Crippen molar-refractivity contribution in [2.75, 3.05) is 19.5 Å². The predicted octanol–water partition coefficient (Wildman–Crippen LogP) is 3.48. The van der Waals surface area contributed by atoms with Crippen LogP contribution in [-0.2, 0) is 11.2 Å². The molecule has 7 heteroatoms. The molecule has 28 heavy (non-hydrogen) atoms. The number of esters is 1. The normalized spacial score (nSPS) is 10.4. The molecular formula is C21H21N3O4. The van der Waals surface area contributed by atoms with Gasteiger partial charge >= 0.3 is 5.97 Å². The molecule has 144 valence electrons. The van der Waals surface area contributed by atoms with Crippen LogP contribution in [0.25, 0.3) is 5.69 Å². The van der Waals surface area contributed by atoms with E-state index in [9.17, 15) is 9.59 Å². The van der Waals surface area contributed by atoms with Crippen molar-refractivity contribution in [3.63, 3.8) is 0 Å². The molecule has 0 saturated heterocycles. The van der Waals surface area contributed by atoms with E-state index in [0.29, 0.717) is 23.4 Å². The zero-order valence-electron chi connectivity index (χ0n) is 15.9. The van der Waals surface area contributed by atoms with Crippen molar-refractivity contribution in [1.29, 1.82) is 0 Å². The van der Waals surface area contributed by atoms with Gasteiger partial charge in [0, 0.05) is 18.0 Å². The van der Waals surface area contributed by atoms with E-state index in [1.54, 1.807) is 42.3 Å². The van der Waals surface area contributed by atoms with Crippen LogP contribution in [0.1, 0.15) is 33.3 Å². The number of rotatable bonds is 6. The topological polar surface area (TPSA) is 82.5 Å². The molecule has 1 heterocycles. The van der Waals surface area contributed by atoms with Crippen molar-refractivity contribution in [1.82, 2.24) is 9.78 Å². The van der Waals surface area contributed by atoms with Crippen molar-refractivity contribution >= 4 is 17.6 Å². The summed E-state index contributed by atoms with van der Waals surface area (Å²) in [5, 5.41) is 7.18. The summed E-state index contributed by atoms with van der Waals surface area (Å²) >= 11 is 0. The molecule has 0 bridgehead atoms. The fourth-order valence-corrected chi connectivity index (χ4v) is 2.77. The average molecular weight is 379 g/mol. The Balaban J connectivity index is 1.84. The highest BCUT2D eigenvalue weighted by molar-refractivity contribution is 6.04. The SMILES string of the molecule is CCc1ccc(C(=O)OC)cc1NC(=O)c1ccn(-c2cccc(OC)c2)n1. The molecule has 3 aromatic rings. The van der Waals surface area contributed by atoms with Crippen molar-refractivity contribution in [2.24, 2.45) is 0 Å². The molecule has 0 aliphatic rings. The van der Waals surface area contributed by atoms with Gasteiger partial charge in [-0.3, -0.25) is 4.79 Å². The minimum Gasteiger partial charge on any atom is -0.497 e. The van der Waals surface area contributed by atoms with Gasteiger partial charge in [0.1, 0.15) is 5.75 Å². The number of aromatic nitrogens is 2. The minimum atomic E-state index is -0.458. The first-order valence-corrected chi connectivity index (χ1v) is 8.78. The Labute approximate surface area is 162 Å². The Bertz CT molecular complexity index is 1010. The third kappa shape index (κ3) is 4.03. The van der Waals surface area contributed by atoms with E-state index in [1.807, 2.05) is 31.2 Å². The number of carbonyl (C=O) groups excluding carboxylic acids is 2. The maximum absolute atomic E-state index is 12.7. The molecular weight excluding hydrogens is 358 g/mol. The lowest BCUT2D eigenvalue weighted by Gasteiger charge is -2.11. The second-order valence-electron chi connectivity index (χ2n) is 6.02. The molecule has 1 N–H and O–H groups in total. The van der Waals surface area contributed by atoms with Crippen LogP contribution in [0.5, 0.6) is 5.75 Å². The molecule has 0 atom stereocenters. The first kappa shape index (κ1) is 19.2. The Morgan fingerprint density at radius 2 is 1.93 bits per heavy atom. The van der Waals surface area contributed by atoms with E-state index in [2.05, 4.69) is 10.4 Å². The summed E-state index contributed by atoms with van der Waals surface area (Å²) in [5.74, 6) is -0.120.